The van der Waals surface area contributed by atoms with Gasteiger partial charge in [0.25, 0.3) is 0 Å². The number of aryl methyl sites for hydroxylation is 1. The van der Waals surface area contributed by atoms with Gasteiger partial charge in [-0.15, -0.1) is 11.6 Å². The molecular weight excluding hydrogens is 272 g/mol. The van der Waals surface area contributed by atoms with Gasteiger partial charge in [0, 0.05) is 11.3 Å². The average Bonchev–Trinajstić information content (AvgIpc) is 3.01. The van der Waals surface area contributed by atoms with E-state index in [1.807, 2.05) is 0 Å². The van der Waals surface area contributed by atoms with E-state index < -0.39 is 0 Å². The second-order valence-corrected chi connectivity index (χ2v) is 6.24. The maximum absolute atomic E-state index is 6.53. The predicted molar refractivity (Wildman–Crippen MR) is 83.4 cm³/mol. The van der Waals surface area contributed by atoms with Crippen molar-refractivity contribution in [2.24, 2.45) is 0 Å². The summed E-state index contributed by atoms with van der Waals surface area (Å²) in [5.74, 6) is 0. The Morgan fingerprint density at radius 1 is 1.30 bits per heavy atom. The zero-order valence-corrected chi connectivity index (χ0v) is 13.9. The summed E-state index contributed by atoms with van der Waals surface area (Å²) in [6.07, 6.45) is 5.87. The van der Waals surface area contributed by atoms with E-state index in [1.54, 1.807) is 0 Å². The molecule has 114 valence electrons. The van der Waals surface area contributed by atoms with Crippen LogP contribution in [-0.4, -0.2) is 22.0 Å². The summed E-state index contributed by atoms with van der Waals surface area (Å²) in [5.41, 5.74) is 3.73. The van der Waals surface area contributed by atoms with E-state index in [0.717, 1.165) is 44.3 Å². The number of alkyl halides is 1. The fraction of sp³-hybridized carbons (Fsp3) is 0.812. The Labute approximate surface area is 127 Å². The third-order valence-corrected chi connectivity index (χ3v) is 4.74. The second kappa shape index (κ2) is 6.95. The molecule has 20 heavy (non-hydrogen) atoms. The molecule has 1 fully saturated rings. The highest BCUT2D eigenvalue weighted by atomic mass is 35.5. The van der Waals surface area contributed by atoms with Gasteiger partial charge in [-0.2, -0.15) is 5.10 Å². The van der Waals surface area contributed by atoms with Crippen LogP contribution in [0.2, 0.25) is 0 Å². The molecule has 2 rings (SSSR count). The molecule has 0 bridgehead atoms. The van der Waals surface area contributed by atoms with Crippen LogP contribution in [0.3, 0.4) is 0 Å². The number of nitrogens with zero attached hydrogens (tertiary/aromatic N) is 2. The summed E-state index contributed by atoms with van der Waals surface area (Å²) >= 11 is 6.53. The maximum atomic E-state index is 6.53. The van der Waals surface area contributed by atoms with Crippen LogP contribution in [0.25, 0.3) is 0 Å². The van der Waals surface area contributed by atoms with Crippen LogP contribution in [0.5, 0.6) is 0 Å². The largest absolute Gasteiger partial charge is 0.373 e. The summed E-state index contributed by atoms with van der Waals surface area (Å²) in [6, 6.07) is 0. The minimum absolute atomic E-state index is 0.0806. The zero-order valence-electron chi connectivity index (χ0n) is 13.2. The first-order chi connectivity index (χ1) is 9.60. The first-order valence-corrected chi connectivity index (χ1v) is 8.42. The topological polar surface area (TPSA) is 27.1 Å². The molecule has 0 radical (unpaired) electrons. The third kappa shape index (κ3) is 3.20. The van der Waals surface area contributed by atoms with Gasteiger partial charge in [-0.3, -0.25) is 4.68 Å². The van der Waals surface area contributed by atoms with Crippen LogP contribution >= 0.6 is 11.6 Å². The summed E-state index contributed by atoms with van der Waals surface area (Å²) in [6.45, 7) is 9.50. The van der Waals surface area contributed by atoms with Crippen molar-refractivity contribution in [1.29, 1.82) is 0 Å². The molecule has 0 aliphatic carbocycles. The number of hydrogen-bond donors (Lipinski definition) is 0. The molecule has 0 aromatic carbocycles. The lowest BCUT2D eigenvalue weighted by molar-refractivity contribution is 0.0431. The molecule has 1 aliphatic rings. The maximum Gasteiger partial charge on any atom is 0.0775 e. The highest BCUT2D eigenvalue weighted by Crippen LogP contribution is 2.32. The smallest absolute Gasteiger partial charge is 0.0775 e. The molecule has 2 heterocycles. The lowest BCUT2D eigenvalue weighted by atomic mass is 10.0. The number of ether oxygens (including phenoxy) is 1. The normalized spacial score (nSPS) is 24.2. The molecule has 1 aliphatic heterocycles. The number of halogens is 1. The average molecular weight is 299 g/mol. The highest BCUT2D eigenvalue weighted by molar-refractivity contribution is 6.20. The van der Waals surface area contributed by atoms with Crippen molar-refractivity contribution in [3.05, 3.63) is 17.0 Å². The minimum Gasteiger partial charge on any atom is -0.373 e. The quantitative estimate of drug-likeness (QED) is 0.734. The van der Waals surface area contributed by atoms with Crippen molar-refractivity contribution in [3.8, 4) is 0 Å². The standard InChI is InChI=1S/C16H27ClN2O/c1-5-13(17)16-14(6-2)18-19(15(16)7-3)10-12-9-8-11(4)20-12/h11-13H,5-10H2,1-4H3. The Morgan fingerprint density at radius 2 is 2.05 bits per heavy atom. The predicted octanol–water partition coefficient (Wildman–Crippen LogP) is 4.27. The molecule has 3 atom stereocenters. The molecule has 0 saturated carbocycles. The van der Waals surface area contributed by atoms with Gasteiger partial charge in [0.2, 0.25) is 0 Å². The molecule has 1 aromatic heterocycles. The monoisotopic (exact) mass is 298 g/mol. The number of rotatable bonds is 6. The first-order valence-electron chi connectivity index (χ1n) is 7.98. The Bertz CT molecular complexity index is 444. The van der Waals surface area contributed by atoms with Gasteiger partial charge >= 0.3 is 0 Å². The fourth-order valence-corrected chi connectivity index (χ4v) is 3.38. The molecular formula is C16H27ClN2O. The van der Waals surface area contributed by atoms with Gasteiger partial charge in [-0.25, -0.2) is 0 Å². The van der Waals surface area contributed by atoms with Crippen molar-refractivity contribution in [1.82, 2.24) is 9.78 Å². The second-order valence-electron chi connectivity index (χ2n) is 5.72. The summed E-state index contributed by atoms with van der Waals surface area (Å²) in [7, 11) is 0. The van der Waals surface area contributed by atoms with Crippen molar-refractivity contribution in [2.75, 3.05) is 0 Å². The van der Waals surface area contributed by atoms with Crippen LogP contribution in [0.4, 0.5) is 0 Å². The van der Waals surface area contributed by atoms with Crippen LogP contribution in [-0.2, 0) is 24.1 Å². The number of hydrogen-bond acceptors (Lipinski definition) is 2. The van der Waals surface area contributed by atoms with Crippen LogP contribution in [0.1, 0.15) is 69.3 Å². The molecule has 1 aromatic rings. The van der Waals surface area contributed by atoms with Gasteiger partial charge in [0.1, 0.15) is 0 Å². The lowest BCUT2D eigenvalue weighted by Crippen LogP contribution is -2.19. The van der Waals surface area contributed by atoms with Crippen molar-refractivity contribution >= 4 is 11.6 Å². The summed E-state index contributed by atoms with van der Waals surface area (Å²) in [4.78, 5) is 0. The SMILES string of the molecule is CCc1nn(CC2CCC(C)O2)c(CC)c1C(Cl)CC. The van der Waals surface area contributed by atoms with E-state index in [1.165, 1.54) is 11.3 Å². The van der Waals surface area contributed by atoms with Crippen molar-refractivity contribution in [2.45, 2.75) is 83.9 Å². The zero-order chi connectivity index (χ0) is 14.7. The lowest BCUT2D eigenvalue weighted by Gasteiger charge is -2.14. The van der Waals surface area contributed by atoms with Gasteiger partial charge in [0.15, 0.2) is 0 Å². The Hall–Kier alpha value is -0.540. The molecule has 0 amide bonds. The van der Waals surface area contributed by atoms with E-state index in [4.69, 9.17) is 21.4 Å². The molecule has 3 unspecified atom stereocenters. The first kappa shape index (κ1) is 15.8. The van der Waals surface area contributed by atoms with Gasteiger partial charge < -0.3 is 4.74 Å². The van der Waals surface area contributed by atoms with Crippen LogP contribution in [0.15, 0.2) is 0 Å². The fourth-order valence-electron chi connectivity index (χ4n) is 3.13. The summed E-state index contributed by atoms with van der Waals surface area (Å²) < 4.78 is 8.10. The van der Waals surface area contributed by atoms with Crippen LogP contribution in [0, 0.1) is 0 Å². The number of aromatic nitrogens is 2. The molecule has 3 nitrogen and oxygen atoms in total. The van der Waals surface area contributed by atoms with Crippen molar-refractivity contribution < 1.29 is 4.74 Å². The van der Waals surface area contributed by atoms with E-state index in [-0.39, 0.29) is 5.38 Å². The molecule has 0 spiro atoms. The molecule has 1 saturated heterocycles. The van der Waals surface area contributed by atoms with E-state index >= 15 is 0 Å². The van der Waals surface area contributed by atoms with E-state index in [9.17, 15) is 0 Å². The Morgan fingerprint density at radius 3 is 2.55 bits per heavy atom. The highest BCUT2D eigenvalue weighted by Gasteiger charge is 2.26. The Balaban J connectivity index is 2.26. The van der Waals surface area contributed by atoms with Gasteiger partial charge in [-0.1, -0.05) is 20.8 Å². The third-order valence-electron chi connectivity index (χ3n) is 4.21. The molecule has 0 N–H and O–H groups in total. The van der Waals surface area contributed by atoms with Gasteiger partial charge in [0.05, 0.1) is 29.8 Å². The van der Waals surface area contributed by atoms with E-state index in [0.29, 0.717) is 12.2 Å². The Kier molecular flexibility index (Phi) is 5.50. The van der Waals surface area contributed by atoms with Crippen molar-refractivity contribution in [3.63, 3.8) is 0 Å². The minimum atomic E-state index is 0.0806. The summed E-state index contributed by atoms with van der Waals surface area (Å²) in [5, 5.41) is 4.89. The van der Waals surface area contributed by atoms with Gasteiger partial charge in [-0.05, 0) is 39.0 Å². The molecule has 4 heteroatoms. The van der Waals surface area contributed by atoms with E-state index in [2.05, 4.69) is 32.4 Å². The van der Waals surface area contributed by atoms with Crippen LogP contribution < -0.4 is 0 Å².